The zero-order valence-electron chi connectivity index (χ0n) is 8.68. The minimum atomic E-state index is -0.331. The summed E-state index contributed by atoms with van der Waals surface area (Å²) in [5, 5.41) is 0. The van der Waals surface area contributed by atoms with Crippen molar-refractivity contribution in [1.82, 2.24) is 0 Å². The molecule has 0 saturated heterocycles. The van der Waals surface area contributed by atoms with Gasteiger partial charge in [-0.15, -0.1) is 0 Å². The molecule has 1 aromatic carbocycles. The Bertz CT molecular complexity index is 391. The second kappa shape index (κ2) is 5.28. The van der Waals surface area contributed by atoms with Gasteiger partial charge in [-0.05, 0) is 34.5 Å². The van der Waals surface area contributed by atoms with Crippen molar-refractivity contribution in [3.63, 3.8) is 0 Å². The fourth-order valence-electron chi connectivity index (χ4n) is 1.37. The van der Waals surface area contributed by atoms with Gasteiger partial charge in [-0.1, -0.05) is 12.2 Å². The highest BCUT2D eigenvalue weighted by molar-refractivity contribution is 9.10. The largest absolute Gasteiger partial charge is 0.496 e. The van der Waals surface area contributed by atoms with Gasteiger partial charge >= 0.3 is 0 Å². The van der Waals surface area contributed by atoms with E-state index < -0.39 is 0 Å². The molecule has 0 aromatic heterocycles. The fraction of sp³-hybridized carbons (Fsp3) is 0.273. The lowest BCUT2D eigenvalue weighted by atomic mass is 10.1. The lowest BCUT2D eigenvalue weighted by Gasteiger charge is -2.10. The van der Waals surface area contributed by atoms with Crippen molar-refractivity contribution in [3.8, 4) is 5.75 Å². The highest BCUT2D eigenvalue weighted by Crippen LogP contribution is 2.32. The SMILES string of the molecule is COc1c(C)cc(Br)c(F)c1/C=C/CN. The van der Waals surface area contributed by atoms with Gasteiger partial charge in [0, 0.05) is 6.54 Å². The van der Waals surface area contributed by atoms with Crippen LogP contribution in [0.5, 0.6) is 5.75 Å². The number of aryl methyl sites for hydroxylation is 1. The maximum Gasteiger partial charge on any atom is 0.148 e. The molecule has 4 heteroatoms. The third-order valence-electron chi connectivity index (χ3n) is 2.02. The third kappa shape index (κ3) is 2.58. The molecule has 0 unspecified atom stereocenters. The quantitative estimate of drug-likeness (QED) is 0.919. The van der Waals surface area contributed by atoms with Gasteiger partial charge in [0.25, 0.3) is 0 Å². The summed E-state index contributed by atoms with van der Waals surface area (Å²) in [5.74, 6) is 0.211. The highest BCUT2D eigenvalue weighted by Gasteiger charge is 2.13. The number of halogens is 2. The van der Waals surface area contributed by atoms with E-state index in [2.05, 4.69) is 15.9 Å². The van der Waals surface area contributed by atoms with Gasteiger partial charge in [-0.3, -0.25) is 0 Å². The molecule has 0 spiro atoms. The molecule has 15 heavy (non-hydrogen) atoms. The summed E-state index contributed by atoms with van der Waals surface area (Å²) in [6.45, 7) is 2.23. The topological polar surface area (TPSA) is 35.2 Å². The smallest absolute Gasteiger partial charge is 0.148 e. The molecule has 0 aliphatic carbocycles. The van der Waals surface area contributed by atoms with Gasteiger partial charge in [0.1, 0.15) is 11.6 Å². The maximum absolute atomic E-state index is 13.7. The molecule has 0 aliphatic heterocycles. The molecule has 1 rings (SSSR count). The van der Waals surface area contributed by atoms with E-state index >= 15 is 0 Å². The van der Waals surface area contributed by atoms with Gasteiger partial charge in [-0.25, -0.2) is 4.39 Å². The van der Waals surface area contributed by atoms with Crippen LogP contribution >= 0.6 is 15.9 Å². The molecule has 0 atom stereocenters. The van der Waals surface area contributed by atoms with Crippen LogP contribution in [0.25, 0.3) is 6.08 Å². The van der Waals surface area contributed by atoms with Crippen LogP contribution < -0.4 is 10.5 Å². The van der Waals surface area contributed by atoms with E-state index in [1.54, 1.807) is 18.2 Å². The Morgan fingerprint density at radius 3 is 2.80 bits per heavy atom. The monoisotopic (exact) mass is 273 g/mol. The first-order chi connectivity index (χ1) is 7.11. The molecule has 1 aromatic rings. The van der Waals surface area contributed by atoms with Crippen LogP contribution in [0.1, 0.15) is 11.1 Å². The summed E-state index contributed by atoms with van der Waals surface area (Å²) < 4.78 is 19.3. The number of benzene rings is 1. The Kier molecular flexibility index (Phi) is 4.29. The number of hydrogen-bond acceptors (Lipinski definition) is 2. The molecule has 82 valence electrons. The van der Waals surface area contributed by atoms with Gasteiger partial charge in [0.2, 0.25) is 0 Å². The van der Waals surface area contributed by atoms with Crippen molar-refractivity contribution >= 4 is 22.0 Å². The van der Waals surface area contributed by atoms with Gasteiger partial charge in [0.15, 0.2) is 0 Å². The van der Waals surface area contributed by atoms with Crippen LogP contribution in [0.4, 0.5) is 4.39 Å². The average Bonchev–Trinajstić information content (AvgIpc) is 2.21. The molecule has 0 aliphatic rings. The van der Waals surface area contributed by atoms with E-state index in [4.69, 9.17) is 10.5 Å². The van der Waals surface area contributed by atoms with E-state index in [9.17, 15) is 4.39 Å². The van der Waals surface area contributed by atoms with Crippen molar-refractivity contribution in [2.75, 3.05) is 13.7 Å². The minimum Gasteiger partial charge on any atom is -0.496 e. The Morgan fingerprint density at radius 2 is 2.27 bits per heavy atom. The van der Waals surface area contributed by atoms with Crippen molar-refractivity contribution in [1.29, 1.82) is 0 Å². The third-order valence-corrected chi connectivity index (χ3v) is 2.59. The molecular weight excluding hydrogens is 261 g/mol. The number of methoxy groups -OCH3 is 1. The van der Waals surface area contributed by atoms with Crippen molar-refractivity contribution in [2.24, 2.45) is 5.73 Å². The Labute approximate surface area is 97.1 Å². The second-order valence-corrected chi connectivity index (χ2v) is 3.93. The molecule has 0 amide bonds. The zero-order chi connectivity index (χ0) is 11.4. The number of rotatable bonds is 3. The van der Waals surface area contributed by atoms with E-state index in [1.807, 2.05) is 6.92 Å². The molecule has 0 fully saturated rings. The molecule has 0 saturated carbocycles. The summed E-state index contributed by atoms with van der Waals surface area (Å²) in [5.41, 5.74) is 6.64. The summed E-state index contributed by atoms with van der Waals surface area (Å²) in [6, 6.07) is 1.69. The highest BCUT2D eigenvalue weighted by atomic mass is 79.9. The molecule has 0 heterocycles. The normalized spacial score (nSPS) is 11.0. The Balaban J connectivity index is 3.36. The minimum absolute atomic E-state index is 0.331. The van der Waals surface area contributed by atoms with Crippen molar-refractivity contribution in [2.45, 2.75) is 6.92 Å². The molecule has 2 nitrogen and oxygen atoms in total. The number of hydrogen-bond donors (Lipinski definition) is 1. The number of ether oxygens (including phenoxy) is 1. The summed E-state index contributed by atoms with van der Waals surface area (Å²) >= 11 is 3.16. The summed E-state index contributed by atoms with van der Waals surface area (Å²) in [4.78, 5) is 0. The van der Waals surface area contributed by atoms with Gasteiger partial charge in [0.05, 0.1) is 17.1 Å². The van der Waals surface area contributed by atoms with Crippen LogP contribution in [-0.2, 0) is 0 Å². The average molecular weight is 274 g/mol. The first-order valence-corrected chi connectivity index (χ1v) is 5.30. The van der Waals surface area contributed by atoms with Gasteiger partial charge < -0.3 is 10.5 Å². The van der Waals surface area contributed by atoms with Crippen LogP contribution in [0, 0.1) is 12.7 Å². The van der Waals surface area contributed by atoms with Crippen molar-refractivity contribution in [3.05, 3.63) is 33.6 Å². The lowest BCUT2D eigenvalue weighted by molar-refractivity contribution is 0.406. The van der Waals surface area contributed by atoms with Gasteiger partial charge in [-0.2, -0.15) is 0 Å². The van der Waals surface area contributed by atoms with Crippen molar-refractivity contribution < 1.29 is 9.13 Å². The maximum atomic E-state index is 13.7. The Morgan fingerprint density at radius 1 is 1.60 bits per heavy atom. The van der Waals surface area contributed by atoms with Crippen LogP contribution in [0.2, 0.25) is 0 Å². The molecule has 2 N–H and O–H groups in total. The van der Waals surface area contributed by atoms with E-state index in [-0.39, 0.29) is 5.82 Å². The molecular formula is C11H13BrFNO. The van der Waals surface area contributed by atoms with Crippen LogP contribution in [-0.4, -0.2) is 13.7 Å². The standard InChI is InChI=1S/C11H13BrFNO/c1-7-6-9(12)10(13)8(4-3-5-14)11(7)15-2/h3-4,6H,5,14H2,1-2H3/b4-3+. The van der Waals surface area contributed by atoms with Crippen LogP contribution in [0.3, 0.4) is 0 Å². The second-order valence-electron chi connectivity index (χ2n) is 3.07. The van der Waals surface area contributed by atoms with Crippen LogP contribution in [0.15, 0.2) is 16.6 Å². The van der Waals surface area contributed by atoms with E-state index in [1.165, 1.54) is 7.11 Å². The summed E-state index contributed by atoms with van der Waals surface area (Å²) in [6.07, 6.45) is 3.32. The predicted octanol–water partition coefficient (Wildman–Crippen LogP) is 2.88. The lowest BCUT2D eigenvalue weighted by Crippen LogP contribution is -1.97. The number of nitrogens with two attached hydrogens (primary N) is 1. The first kappa shape index (κ1) is 12.2. The van der Waals surface area contributed by atoms with E-state index in [0.29, 0.717) is 22.3 Å². The Hall–Kier alpha value is -0.870. The molecule has 0 bridgehead atoms. The molecule has 0 radical (unpaired) electrons. The van der Waals surface area contributed by atoms with E-state index in [0.717, 1.165) is 5.56 Å². The summed E-state index contributed by atoms with van der Waals surface area (Å²) in [7, 11) is 1.52. The zero-order valence-corrected chi connectivity index (χ0v) is 10.3. The first-order valence-electron chi connectivity index (χ1n) is 4.51. The fourth-order valence-corrected chi connectivity index (χ4v) is 1.92. The predicted molar refractivity (Wildman–Crippen MR) is 63.5 cm³/mol.